The van der Waals surface area contributed by atoms with E-state index in [9.17, 15) is 5.11 Å². The molecule has 6 heteroatoms. The molecule has 1 aliphatic carbocycles. The van der Waals surface area contributed by atoms with Gasteiger partial charge in [-0.05, 0) is 43.6 Å². The van der Waals surface area contributed by atoms with Gasteiger partial charge in [0, 0.05) is 32.0 Å². The molecule has 0 spiro atoms. The third-order valence-electron chi connectivity index (χ3n) is 5.20. The Bertz CT molecular complexity index is 548. The normalized spacial score (nSPS) is 16.8. The molecular weight excluding hydrogens is 340 g/mol. The van der Waals surface area contributed by atoms with Gasteiger partial charge in [-0.25, -0.2) is 9.98 Å². The van der Waals surface area contributed by atoms with Crippen LogP contribution in [-0.2, 0) is 6.54 Å². The Kier molecular flexibility index (Phi) is 9.39. The van der Waals surface area contributed by atoms with Crippen molar-refractivity contribution in [1.82, 2.24) is 15.6 Å². The van der Waals surface area contributed by atoms with Crippen molar-refractivity contribution in [2.75, 3.05) is 26.3 Å². The van der Waals surface area contributed by atoms with Crippen LogP contribution in [0.5, 0.6) is 5.88 Å². The molecule has 1 saturated carbocycles. The lowest BCUT2D eigenvalue weighted by molar-refractivity contribution is 0.131. The van der Waals surface area contributed by atoms with Gasteiger partial charge < -0.3 is 20.5 Å². The monoisotopic (exact) mass is 376 g/mol. The molecule has 0 aliphatic heterocycles. The van der Waals surface area contributed by atoms with Crippen LogP contribution in [0.3, 0.4) is 0 Å². The zero-order valence-electron chi connectivity index (χ0n) is 17.0. The van der Waals surface area contributed by atoms with Crippen LogP contribution >= 0.6 is 0 Å². The number of rotatable bonds is 10. The minimum atomic E-state index is 0.197. The molecule has 27 heavy (non-hydrogen) atoms. The first-order valence-corrected chi connectivity index (χ1v) is 10.4. The van der Waals surface area contributed by atoms with Gasteiger partial charge in [-0.15, -0.1) is 0 Å². The highest BCUT2D eigenvalue weighted by atomic mass is 16.5. The summed E-state index contributed by atoms with van der Waals surface area (Å²) in [6.07, 6.45) is 9.86. The average Bonchev–Trinajstić information content (AvgIpc) is 2.70. The third-order valence-corrected chi connectivity index (χ3v) is 5.20. The fourth-order valence-corrected chi connectivity index (χ4v) is 3.63. The number of pyridine rings is 1. The molecule has 0 radical (unpaired) electrons. The first kappa shape index (κ1) is 21.5. The van der Waals surface area contributed by atoms with E-state index in [0.29, 0.717) is 19.0 Å². The van der Waals surface area contributed by atoms with Gasteiger partial charge in [0.05, 0.1) is 13.2 Å². The molecule has 1 aromatic heterocycles. The predicted molar refractivity (Wildman–Crippen MR) is 110 cm³/mol. The number of guanidine groups is 1. The van der Waals surface area contributed by atoms with Gasteiger partial charge in [0.25, 0.3) is 0 Å². The fourth-order valence-electron chi connectivity index (χ4n) is 3.63. The zero-order valence-corrected chi connectivity index (χ0v) is 17.0. The van der Waals surface area contributed by atoms with Crippen LogP contribution in [0.2, 0.25) is 0 Å². The first-order valence-electron chi connectivity index (χ1n) is 10.4. The smallest absolute Gasteiger partial charge is 0.213 e. The van der Waals surface area contributed by atoms with Crippen LogP contribution in [0, 0.1) is 5.41 Å². The Morgan fingerprint density at radius 1 is 1.22 bits per heavy atom. The van der Waals surface area contributed by atoms with Crippen molar-refractivity contribution >= 4 is 5.96 Å². The fraction of sp³-hybridized carbons (Fsp3) is 0.714. The van der Waals surface area contributed by atoms with Crippen LogP contribution in [0.25, 0.3) is 0 Å². The lowest BCUT2D eigenvalue weighted by atomic mass is 9.72. The second kappa shape index (κ2) is 11.8. The topological polar surface area (TPSA) is 78.8 Å². The number of aliphatic imine (C=N–C) groups is 1. The highest BCUT2D eigenvalue weighted by Crippen LogP contribution is 2.38. The number of hydrogen-bond donors (Lipinski definition) is 3. The molecule has 1 aliphatic rings. The van der Waals surface area contributed by atoms with E-state index in [1.165, 1.54) is 32.1 Å². The first-order chi connectivity index (χ1) is 13.2. The standard InChI is InChI=1S/C21H36N4O2/c1-3-14-27-19-9-8-18(15-23-19)16-24-20(22-4-2)25-17-21(12-13-26)10-6-5-7-11-21/h8-9,15,26H,3-7,10-14,16-17H2,1-2H3,(H2,22,24,25). The van der Waals surface area contributed by atoms with Crippen molar-refractivity contribution in [1.29, 1.82) is 0 Å². The van der Waals surface area contributed by atoms with Crippen molar-refractivity contribution in [2.45, 2.75) is 65.3 Å². The molecule has 1 aromatic rings. The SMILES string of the molecule is CCCOc1ccc(CN=C(NCC)NCC2(CCO)CCCCC2)cn1. The molecule has 0 aromatic carbocycles. The second-order valence-corrected chi connectivity index (χ2v) is 7.44. The Morgan fingerprint density at radius 3 is 2.67 bits per heavy atom. The molecule has 0 atom stereocenters. The number of hydrogen-bond acceptors (Lipinski definition) is 4. The molecular formula is C21H36N4O2. The minimum absolute atomic E-state index is 0.197. The van der Waals surface area contributed by atoms with Crippen LogP contribution < -0.4 is 15.4 Å². The average molecular weight is 377 g/mol. The van der Waals surface area contributed by atoms with E-state index in [0.717, 1.165) is 37.5 Å². The number of aromatic nitrogens is 1. The van der Waals surface area contributed by atoms with Gasteiger partial charge in [-0.3, -0.25) is 0 Å². The van der Waals surface area contributed by atoms with E-state index in [4.69, 9.17) is 9.73 Å². The quantitative estimate of drug-likeness (QED) is 0.431. The number of nitrogens with zero attached hydrogens (tertiary/aromatic N) is 2. The van der Waals surface area contributed by atoms with Gasteiger partial charge in [0.2, 0.25) is 5.88 Å². The summed E-state index contributed by atoms with van der Waals surface area (Å²) in [4.78, 5) is 9.04. The Morgan fingerprint density at radius 2 is 2.04 bits per heavy atom. The summed E-state index contributed by atoms with van der Waals surface area (Å²) in [5, 5.41) is 16.3. The summed E-state index contributed by atoms with van der Waals surface area (Å²) in [5.41, 5.74) is 1.25. The van der Waals surface area contributed by atoms with Gasteiger partial charge in [0.1, 0.15) is 0 Å². The van der Waals surface area contributed by atoms with Crippen molar-refractivity contribution in [3.05, 3.63) is 23.9 Å². The molecule has 152 valence electrons. The predicted octanol–water partition coefficient (Wildman–Crippen LogP) is 3.26. The summed E-state index contributed by atoms with van der Waals surface area (Å²) < 4.78 is 5.52. The number of ether oxygens (including phenoxy) is 1. The Labute approximate surface area is 163 Å². The molecule has 1 fully saturated rings. The van der Waals surface area contributed by atoms with Crippen molar-refractivity contribution in [2.24, 2.45) is 10.4 Å². The number of aliphatic hydroxyl groups is 1. The lowest BCUT2D eigenvalue weighted by Crippen LogP contribution is -2.44. The van der Waals surface area contributed by atoms with Crippen LogP contribution in [0.4, 0.5) is 0 Å². The van der Waals surface area contributed by atoms with E-state index in [1.807, 2.05) is 18.3 Å². The van der Waals surface area contributed by atoms with E-state index in [-0.39, 0.29) is 12.0 Å². The highest BCUT2D eigenvalue weighted by Gasteiger charge is 2.31. The van der Waals surface area contributed by atoms with Crippen LogP contribution in [-0.4, -0.2) is 42.4 Å². The summed E-state index contributed by atoms with van der Waals surface area (Å²) in [5.74, 6) is 1.49. The largest absolute Gasteiger partial charge is 0.478 e. The molecule has 1 heterocycles. The summed E-state index contributed by atoms with van der Waals surface area (Å²) in [6, 6.07) is 3.92. The third kappa shape index (κ3) is 7.37. The lowest BCUT2D eigenvalue weighted by Gasteiger charge is -2.37. The van der Waals surface area contributed by atoms with E-state index < -0.39 is 0 Å². The maximum absolute atomic E-state index is 9.49. The van der Waals surface area contributed by atoms with Crippen molar-refractivity contribution in [3.63, 3.8) is 0 Å². The second-order valence-electron chi connectivity index (χ2n) is 7.44. The van der Waals surface area contributed by atoms with Gasteiger partial charge in [-0.1, -0.05) is 32.3 Å². The molecule has 3 N–H and O–H groups in total. The molecule has 6 nitrogen and oxygen atoms in total. The van der Waals surface area contributed by atoms with Crippen LogP contribution in [0.15, 0.2) is 23.3 Å². The van der Waals surface area contributed by atoms with E-state index >= 15 is 0 Å². The highest BCUT2D eigenvalue weighted by molar-refractivity contribution is 5.79. The number of nitrogens with one attached hydrogen (secondary N) is 2. The van der Waals surface area contributed by atoms with E-state index in [2.05, 4.69) is 29.5 Å². The van der Waals surface area contributed by atoms with E-state index in [1.54, 1.807) is 0 Å². The molecule has 0 amide bonds. The summed E-state index contributed by atoms with van der Waals surface area (Å²) in [6.45, 7) is 7.35. The molecule has 0 saturated heterocycles. The minimum Gasteiger partial charge on any atom is -0.478 e. The molecule has 2 rings (SSSR count). The van der Waals surface area contributed by atoms with Crippen LogP contribution in [0.1, 0.15) is 64.4 Å². The Hall–Kier alpha value is -1.82. The van der Waals surface area contributed by atoms with Gasteiger partial charge >= 0.3 is 0 Å². The van der Waals surface area contributed by atoms with Gasteiger partial charge in [-0.2, -0.15) is 0 Å². The zero-order chi connectivity index (χ0) is 19.4. The number of aliphatic hydroxyl groups excluding tert-OH is 1. The Balaban J connectivity index is 1.92. The van der Waals surface area contributed by atoms with Gasteiger partial charge in [0.15, 0.2) is 5.96 Å². The molecule has 0 unspecified atom stereocenters. The molecule has 0 bridgehead atoms. The summed E-state index contributed by atoms with van der Waals surface area (Å²) in [7, 11) is 0. The summed E-state index contributed by atoms with van der Waals surface area (Å²) >= 11 is 0. The maximum Gasteiger partial charge on any atom is 0.213 e. The van der Waals surface area contributed by atoms with Crippen molar-refractivity contribution in [3.8, 4) is 5.88 Å². The van der Waals surface area contributed by atoms with Crippen molar-refractivity contribution < 1.29 is 9.84 Å². The maximum atomic E-state index is 9.49.